The van der Waals surface area contributed by atoms with E-state index in [4.69, 9.17) is 0 Å². The minimum absolute atomic E-state index is 0.0000926. The second-order valence-electron chi connectivity index (χ2n) is 5.84. The molecule has 2 unspecified atom stereocenters. The van der Waals surface area contributed by atoms with Crippen LogP contribution in [0.25, 0.3) is 10.9 Å². The fourth-order valence-electron chi connectivity index (χ4n) is 3.18. The van der Waals surface area contributed by atoms with Crippen molar-refractivity contribution in [1.29, 1.82) is 0 Å². The third-order valence-corrected chi connectivity index (χ3v) is 4.41. The molecule has 3 rings (SSSR count). The highest BCUT2D eigenvalue weighted by Crippen LogP contribution is 2.27. The summed E-state index contributed by atoms with van der Waals surface area (Å²) in [5.74, 6) is 0.341. The van der Waals surface area contributed by atoms with Crippen molar-refractivity contribution in [3.63, 3.8) is 0 Å². The lowest BCUT2D eigenvalue weighted by Crippen LogP contribution is -2.40. The smallest absolute Gasteiger partial charge is 0.254 e. The molecular formula is C17H20N2O2. The number of aliphatic hydroxyl groups is 1. The molecule has 110 valence electrons. The number of amides is 1. The van der Waals surface area contributed by atoms with Crippen LogP contribution in [0.1, 0.15) is 29.4 Å². The highest BCUT2D eigenvalue weighted by molar-refractivity contribution is 6.06. The van der Waals surface area contributed by atoms with Gasteiger partial charge < -0.3 is 10.0 Å². The van der Waals surface area contributed by atoms with E-state index in [9.17, 15) is 9.90 Å². The number of para-hydroxylation sites is 1. The molecule has 1 aromatic carbocycles. The standard InChI is InChI=1S/C17H20N2O2/c1-11-7-8-19(16(11)10-20)17(21)14-9-12(2)18-15-6-4-3-5-13(14)15/h3-6,9,11,16,20H,7-8,10H2,1-2H3. The van der Waals surface area contributed by atoms with Gasteiger partial charge in [0.1, 0.15) is 0 Å². The number of carbonyl (C=O) groups is 1. The Hall–Kier alpha value is -1.94. The van der Waals surface area contributed by atoms with Gasteiger partial charge >= 0.3 is 0 Å². The summed E-state index contributed by atoms with van der Waals surface area (Å²) >= 11 is 0. The van der Waals surface area contributed by atoms with Gasteiger partial charge in [-0.05, 0) is 31.4 Å². The van der Waals surface area contributed by atoms with Gasteiger partial charge in [-0.3, -0.25) is 9.78 Å². The van der Waals surface area contributed by atoms with Gasteiger partial charge in [-0.15, -0.1) is 0 Å². The minimum atomic E-state index is -0.0790. The molecule has 1 amide bonds. The molecule has 0 radical (unpaired) electrons. The van der Waals surface area contributed by atoms with Crippen molar-refractivity contribution in [3.8, 4) is 0 Å². The average Bonchev–Trinajstić information content (AvgIpc) is 2.86. The molecule has 21 heavy (non-hydrogen) atoms. The van der Waals surface area contributed by atoms with E-state index in [1.165, 1.54) is 0 Å². The molecule has 0 saturated carbocycles. The van der Waals surface area contributed by atoms with Gasteiger partial charge in [-0.1, -0.05) is 25.1 Å². The number of carbonyl (C=O) groups excluding carboxylic acids is 1. The Balaban J connectivity index is 2.06. The maximum Gasteiger partial charge on any atom is 0.254 e. The van der Waals surface area contributed by atoms with Crippen LogP contribution >= 0.6 is 0 Å². The third kappa shape index (κ3) is 2.40. The van der Waals surface area contributed by atoms with Crippen molar-refractivity contribution in [1.82, 2.24) is 9.88 Å². The van der Waals surface area contributed by atoms with E-state index in [1.807, 2.05) is 42.2 Å². The van der Waals surface area contributed by atoms with Crippen LogP contribution in [-0.2, 0) is 0 Å². The van der Waals surface area contributed by atoms with E-state index in [-0.39, 0.29) is 18.6 Å². The molecule has 2 aromatic rings. The lowest BCUT2D eigenvalue weighted by Gasteiger charge is -2.25. The van der Waals surface area contributed by atoms with Crippen LogP contribution in [0.2, 0.25) is 0 Å². The molecule has 1 fully saturated rings. The van der Waals surface area contributed by atoms with Crippen LogP contribution in [0.3, 0.4) is 0 Å². The SMILES string of the molecule is Cc1cc(C(=O)N2CCC(C)C2CO)c2ccccc2n1. The zero-order valence-corrected chi connectivity index (χ0v) is 12.4. The predicted octanol–water partition coefficient (Wildman–Crippen LogP) is 2.39. The summed E-state index contributed by atoms with van der Waals surface area (Å²) in [6.45, 7) is 4.72. The molecule has 1 saturated heterocycles. The number of nitrogens with zero attached hydrogens (tertiary/aromatic N) is 2. The number of likely N-dealkylation sites (tertiary alicyclic amines) is 1. The number of benzene rings is 1. The van der Waals surface area contributed by atoms with Crippen molar-refractivity contribution in [2.24, 2.45) is 5.92 Å². The second kappa shape index (κ2) is 5.45. The number of fused-ring (bicyclic) bond motifs is 1. The van der Waals surface area contributed by atoms with Crippen LogP contribution < -0.4 is 0 Å². The highest BCUT2D eigenvalue weighted by atomic mass is 16.3. The molecule has 0 spiro atoms. The number of pyridine rings is 1. The quantitative estimate of drug-likeness (QED) is 0.921. The summed E-state index contributed by atoms with van der Waals surface area (Å²) in [4.78, 5) is 19.2. The molecule has 0 aliphatic carbocycles. The van der Waals surface area contributed by atoms with Gasteiger partial charge in [0.05, 0.1) is 23.7 Å². The summed E-state index contributed by atoms with van der Waals surface area (Å²) in [6.07, 6.45) is 0.943. The van der Waals surface area contributed by atoms with Crippen molar-refractivity contribution in [3.05, 3.63) is 41.6 Å². The van der Waals surface area contributed by atoms with Crippen LogP contribution in [0.5, 0.6) is 0 Å². The number of rotatable bonds is 2. The van der Waals surface area contributed by atoms with Gasteiger partial charge in [-0.25, -0.2) is 0 Å². The molecule has 0 bridgehead atoms. The lowest BCUT2D eigenvalue weighted by atomic mass is 10.0. The second-order valence-corrected chi connectivity index (χ2v) is 5.84. The van der Waals surface area contributed by atoms with E-state index in [1.54, 1.807) is 0 Å². The van der Waals surface area contributed by atoms with Crippen LogP contribution in [0, 0.1) is 12.8 Å². The minimum Gasteiger partial charge on any atom is -0.394 e. The number of hydrogen-bond donors (Lipinski definition) is 1. The Morgan fingerprint density at radius 1 is 1.43 bits per heavy atom. The zero-order valence-electron chi connectivity index (χ0n) is 12.4. The summed E-state index contributed by atoms with van der Waals surface area (Å²) < 4.78 is 0. The zero-order chi connectivity index (χ0) is 15.0. The van der Waals surface area contributed by atoms with E-state index in [2.05, 4.69) is 11.9 Å². The fourth-order valence-corrected chi connectivity index (χ4v) is 3.18. The number of aromatic nitrogens is 1. The molecule has 1 aliphatic rings. The first-order chi connectivity index (χ1) is 10.1. The van der Waals surface area contributed by atoms with E-state index in [0.29, 0.717) is 18.0 Å². The molecule has 1 aromatic heterocycles. The molecule has 4 nitrogen and oxygen atoms in total. The van der Waals surface area contributed by atoms with Crippen molar-refractivity contribution in [2.75, 3.05) is 13.2 Å². The molecule has 2 heterocycles. The van der Waals surface area contributed by atoms with Crippen LogP contribution in [-0.4, -0.2) is 40.1 Å². The maximum absolute atomic E-state index is 12.9. The van der Waals surface area contributed by atoms with E-state index >= 15 is 0 Å². The van der Waals surface area contributed by atoms with Crippen molar-refractivity contribution in [2.45, 2.75) is 26.3 Å². The monoisotopic (exact) mass is 284 g/mol. The van der Waals surface area contributed by atoms with Gasteiger partial charge in [0.25, 0.3) is 5.91 Å². The molecule has 2 atom stereocenters. The topological polar surface area (TPSA) is 53.4 Å². The first-order valence-electron chi connectivity index (χ1n) is 7.40. The molecular weight excluding hydrogens is 264 g/mol. The first kappa shape index (κ1) is 14.0. The third-order valence-electron chi connectivity index (χ3n) is 4.41. The number of hydrogen-bond acceptors (Lipinski definition) is 3. The molecule has 1 aliphatic heterocycles. The number of aliphatic hydroxyl groups excluding tert-OH is 1. The van der Waals surface area contributed by atoms with Gasteiger partial charge in [-0.2, -0.15) is 0 Å². The Kier molecular flexibility index (Phi) is 3.64. The highest BCUT2D eigenvalue weighted by Gasteiger charge is 2.34. The lowest BCUT2D eigenvalue weighted by molar-refractivity contribution is 0.0650. The predicted molar refractivity (Wildman–Crippen MR) is 82.2 cm³/mol. The molecule has 1 N–H and O–H groups in total. The largest absolute Gasteiger partial charge is 0.394 e. The van der Waals surface area contributed by atoms with E-state index < -0.39 is 0 Å². The molecule has 4 heteroatoms. The van der Waals surface area contributed by atoms with Gasteiger partial charge in [0, 0.05) is 17.6 Å². The van der Waals surface area contributed by atoms with Crippen LogP contribution in [0.4, 0.5) is 0 Å². The fraction of sp³-hybridized carbons (Fsp3) is 0.412. The van der Waals surface area contributed by atoms with Gasteiger partial charge in [0.2, 0.25) is 0 Å². The van der Waals surface area contributed by atoms with Crippen molar-refractivity contribution < 1.29 is 9.90 Å². The average molecular weight is 284 g/mol. The Labute approximate surface area is 124 Å². The van der Waals surface area contributed by atoms with Gasteiger partial charge in [0.15, 0.2) is 0 Å². The Bertz CT molecular complexity index is 684. The maximum atomic E-state index is 12.9. The Morgan fingerprint density at radius 2 is 2.19 bits per heavy atom. The van der Waals surface area contributed by atoms with Crippen LogP contribution in [0.15, 0.2) is 30.3 Å². The summed E-state index contributed by atoms with van der Waals surface area (Å²) in [6, 6.07) is 9.48. The first-order valence-corrected chi connectivity index (χ1v) is 7.40. The Morgan fingerprint density at radius 3 is 2.95 bits per heavy atom. The summed E-state index contributed by atoms with van der Waals surface area (Å²) in [5, 5.41) is 10.4. The summed E-state index contributed by atoms with van der Waals surface area (Å²) in [7, 11) is 0. The normalized spacial score (nSPS) is 22.0. The van der Waals surface area contributed by atoms with Crippen molar-refractivity contribution >= 4 is 16.8 Å². The van der Waals surface area contributed by atoms with E-state index in [0.717, 1.165) is 23.0 Å². The summed E-state index contributed by atoms with van der Waals surface area (Å²) in [5.41, 5.74) is 2.36. The number of aryl methyl sites for hydroxylation is 1.